The van der Waals surface area contributed by atoms with Crippen molar-refractivity contribution in [1.29, 1.82) is 0 Å². The van der Waals surface area contributed by atoms with Gasteiger partial charge in [0.25, 0.3) is 0 Å². The zero-order valence-electron chi connectivity index (χ0n) is 6.35. The predicted molar refractivity (Wildman–Crippen MR) is 41.1 cm³/mol. The normalized spacial score (nSPS) is 17.6. The molecule has 0 spiro atoms. The van der Waals surface area contributed by atoms with Crippen molar-refractivity contribution in [3.63, 3.8) is 0 Å². The molecule has 0 amide bonds. The quantitative estimate of drug-likeness (QED) is 0.506. The van der Waals surface area contributed by atoms with Crippen molar-refractivity contribution in [2.45, 2.75) is 33.1 Å². The third kappa shape index (κ3) is 3.34. The molecule has 0 saturated heterocycles. The minimum atomic E-state index is 0.973. The van der Waals surface area contributed by atoms with Crippen LogP contribution < -0.4 is 0 Å². The molecular formula is C9H15. The van der Waals surface area contributed by atoms with E-state index in [9.17, 15) is 0 Å². The van der Waals surface area contributed by atoms with Crippen LogP contribution in [0.2, 0.25) is 0 Å². The van der Waals surface area contributed by atoms with Gasteiger partial charge in [-0.1, -0.05) is 11.6 Å². The molecule has 0 aromatic rings. The fraction of sp³-hybridized carbons (Fsp3) is 0.667. The summed E-state index contributed by atoms with van der Waals surface area (Å²) < 4.78 is 0. The van der Waals surface area contributed by atoms with Crippen molar-refractivity contribution in [3.05, 3.63) is 18.1 Å². The van der Waals surface area contributed by atoms with E-state index in [1.54, 1.807) is 0 Å². The molecule has 0 bridgehead atoms. The number of rotatable bonds is 3. The molecule has 1 rings (SSSR count). The molecule has 1 saturated carbocycles. The standard InChI is InChI=1S/C9H15/c1-8(2)4-3-5-9-6-7-9/h4,6,9H,3,5,7H2,1-2H3. The van der Waals surface area contributed by atoms with Crippen LogP contribution in [-0.2, 0) is 0 Å². The van der Waals surface area contributed by atoms with Gasteiger partial charge in [-0.3, -0.25) is 0 Å². The Labute approximate surface area is 58.0 Å². The van der Waals surface area contributed by atoms with Gasteiger partial charge in [-0.2, -0.15) is 0 Å². The molecule has 0 heterocycles. The summed E-state index contributed by atoms with van der Waals surface area (Å²) in [7, 11) is 0. The first-order valence-electron chi connectivity index (χ1n) is 3.76. The molecule has 1 aliphatic carbocycles. The Hall–Kier alpha value is -0.260. The fourth-order valence-corrected chi connectivity index (χ4v) is 0.918. The maximum atomic E-state index is 2.39. The molecule has 51 valence electrons. The first-order valence-corrected chi connectivity index (χ1v) is 3.76. The lowest BCUT2D eigenvalue weighted by atomic mass is 10.2. The highest BCUT2D eigenvalue weighted by Gasteiger charge is 2.19. The van der Waals surface area contributed by atoms with Gasteiger partial charge in [-0.15, -0.1) is 0 Å². The molecule has 0 aromatic carbocycles. The Balaban J connectivity index is 1.97. The smallest absolute Gasteiger partial charge is 0.0346 e. The van der Waals surface area contributed by atoms with Crippen molar-refractivity contribution in [1.82, 2.24) is 0 Å². The molecule has 1 fully saturated rings. The van der Waals surface area contributed by atoms with E-state index < -0.39 is 0 Å². The zero-order chi connectivity index (χ0) is 6.69. The summed E-state index contributed by atoms with van der Waals surface area (Å²) in [5.41, 5.74) is 1.45. The summed E-state index contributed by atoms with van der Waals surface area (Å²) >= 11 is 0. The third-order valence-electron chi connectivity index (χ3n) is 1.66. The van der Waals surface area contributed by atoms with Crippen LogP contribution in [0.4, 0.5) is 0 Å². The maximum absolute atomic E-state index is 2.39. The Morgan fingerprint density at radius 1 is 1.67 bits per heavy atom. The van der Waals surface area contributed by atoms with Crippen LogP contribution in [-0.4, -0.2) is 0 Å². The molecule has 0 nitrogen and oxygen atoms in total. The van der Waals surface area contributed by atoms with Gasteiger partial charge in [0.05, 0.1) is 0 Å². The summed E-state index contributed by atoms with van der Waals surface area (Å²) in [4.78, 5) is 0. The number of allylic oxidation sites excluding steroid dienone is 2. The van der Waals surface area contributed by atoms with Crippen molar-refractivity contribution < 1.29 is 0 Å². The minimum Gasteiger partial charge on any atom is -0.0859 e. The van der Waals surface area contributed by atoms with Gasteiger partial charge >= 0.3 is 0 Å². The van der Waals surface area contributed by atoms with E-state index in [-0.39, 0.29) is 0 Å². The molecular weight excluding hydrogens is 108 g/mol. The van der Waals surface area contributed by atoms with Gasteiger partial charge in [0.2, 0.25) is 0 Å². The number of hydrogen-bond acceptors (Lipinski definition) is 0. The third-order valence-corrected chi connectivity index (χ3v) is 1.66. The highest BCUT2D eigenvalue weighted by atomic mass is 14.2. The average molecular weight is 123 g/mol. The molecule has 9 heavy (non-hydrogen) atoms. The lowest BCUT2D eigenvalue weighted by Gasteiger charge is -1.90. The topological polar surface area (TPSA) is 0 Å². The molecule has 1 unspecified atom stereocenters. The van der Waals surface area contributed by atoms with Crippen LogP contribution in [0.1, 0.15) is 33.1 Å². The van der Waals surface area contributed by atoms with Crippen molar-refractivity contribution in [3.8, 4) is 0 Å². The van der Waals surface area contributed by atoms with Crippen molar-refractivity contribution in [2.24, 2.45) is 5.92 Å². The van der Waals surface area contributed by atoms with Crippen LogP contribution >= 0.6 is 0 Å². The largest absolute Gasteiger partial charge is 0.0859 e. The van der Waals surface area contributed by atoms with Gasteiger partial charge in [0.1, 0.15) is 0 Å². The van der Waals surface area contributed by atoms with Crippen LogP contribution in [0.25, 0.3) is 0 Å². The summed E-state index contributed by atoms with van der Waals surface area (Å²) in [5.74, 6) is 0.973. The van der Waals surface area contributed by atoms with Crippen LogP contribution in [0.5, 0.6) is 0 Å². The molecule has 0 N–H and O–H groups in total. The second-order valence-electron chi connectivity index (χ2n) is 3.09. The van der Waals surface area contributed by atoms with Crippen molar-refractivity contribution in [2.75, 3.05) is 0 Å². The predicted octanol–water partition coefficient (Wildman–Crippen LogP) is 2.96. The van der Waals surface area contributed by atoms with Gasteiger partial charge in [-0.05, 0) is 45.4 Å². The van der Waals surface area contributed by atoms with E-state index in [2.05, 4.69) is 26.3 Å². The summed E-state index contributed by atoms with van der Waals surface area (Å²) in [5, 5.41) is 0. The lowest BCUT2D eigenvalue weighted by molar-refractivity contribution is 0.760. The fourth-order valence-electron chi connectivity index (χ4n) is 0.918. The Bertz CT molecular complexity index is 103. The van der Waals surface area contributed by atoms with Crippen molar-refractivity contribution >= 4 is 0 Å². The van der Waals surface area contributed by atoms with Gasteiger partial charge in [-0.25, -0.2) is 0 Å². The molecule has 1 radical (unpaired) electrons. The van der Waals surface area contributed by atoms with E-state index in [1.165, 1.54) is 24.8 Å². The zero-order valence-corrected chi connectivity index (χ0v) is 6.35. The Morgan fingerprint density at radius 2 is 2.33 bits per heavy atom. The second-order valence-corrected chi connectivity index (χ2v) is 3.09. The first-order chi connectivity index (χ1) is 4.29. The Kier molecular flexibility index (Phi) is 2.32. The van der Waals surface area contributed by atoms with Crippen LogP contribution in [0.3, 0.4) is 0 Å². The summed E-state index contributed by atoms with van der Waals surface area (Å²) in [6, 6.07) is 0. The molecule has 1 aliphatic rings. The highest BCUT2D eigenvalue weighted by Crippen LogP contribution is 2.32. The van der Waals surface area contributed by atoms with Crippen LogP contribution in [0, 0.1) is 12.3 Å². The monoisotopic (exact) mass is 123 g/mol. The van der Waals surface area contributed by atoms with E-state index in [0.717, 1.165) is 5.92 Å². The maximum Gasteiger partial charge on any atom is -0.0346 e. The number of hydrogen-bond donors (Lipinski definition) is 0. The second kappa shape index (κ2) is 3.05. The van der Waals surface area contributed by atoms with E-state index in [0.29, 0.717) is 0 Å². The molecule has 0 heteroatoms. The molecule has 0 aliphatic heterocycles. The van der Waals surface area contributed by atoms with E-state index in [4.69, 9.17) is 0 Å². The van der Waals surface area contributed by atoms with E-state index >= 15 is 0 Å². The average Bonchev–Trinajstić information content (AvgIpc) is 2.48. The van der Waals surface area contributed by atoms with Gasteiger partial charge in [0, 0.05) is 0 Å². The summed E-state index contributed by atoms with van der Waals surface area (Å²) in [6.45, 7) is 4.33. The highest BCUT2D eigenvalue weighted by molar-refractivity contribution is 4.98. The SMILES string of the molecule is CC(C)=CCCC1[CH]C1. The lowest BCUT2D eigenvalue weighted by Crippen LogP contribution is -1.73. The minimum absolute atomic E-state index is 0.973. The molecule has 1 atom stereocenters. The van der Waals surface area contributed by atoms with E-state index in [1.807, 2.05) is 0 Å². The Morgan fingerprint density at radius 3 is 2.78 bits per heavy atom. The summed E-state index contributed by atoms with van der Waals surface area (Å²) in [6.07, 6.45) is 8.75. The van der Waals surface area contributed by atoms with Gasteiger partial charge < -0.3 is 0 Å². The van der Waals surface area contributed by atoms with Gasteiger partial charge in [0.15, 0.2) is 0 Å². The van der Waals surface area contributed by atoms with Crippen LogP contribution in [0.15, 0.2) is 11.6 Å². The first kappa shape index (κ1) is 6.85. The molecule has 0 aromatic heterocycles.